The molecule has 0 aromatic heterocycles. The second kappa shape index (κ2) is 5.10. The molecule has 4 heteroatoms. The molecule has 3 rings (SSSR count). The fourth-order valence-electron chi connectivity index (χ4n) is 3.26. The van der Waals surface area contributed by atoms with E-state index in [1.54, 1.807) is 6.07 Å². The molecule has 0 bridgehead atoms. The zero-order chi connectivity index (χ0) is 13.2. The van der Waals surface area contributed by atoms with E-state index >= 15 is 0 Å². The number of anilines is 2. The molecule has 1 heterocycles. The van der Waals surface area contributed by atoms with Crippen LogP contribution in [0.4, 0.5) is 11.4 Å². The Hall–Kier alpha value is -1.73. The lowest BCUT2D eigenvalue weighted by Gasteiger charge is -2.45. The van der Waals surface area contributed by atoms with Gasteiger partial charge in [0, 0.05) is 6.54 Å². The normalized spacial score (nSPS) is 26.6. The quantitative estimate of drug-likeness (QED) is 0.784. The van der Waals surface area contributed by atoms with Crippen LogP contribution < -0.4 is 10.6 Å². The third-order valence-electron chi connectivity index (χ3n) is 4.20. The highest BCUT2D eigenvalue weighted by molar-refractivity contribution is 5.70. The van der Waals surface area contributed by atoms with E-state index in [4.69, 9.17) is 15.7 Å². The molecular formula is C15H19N3O. The largest absolute Gasteiger partial charge is 0.397 e. The van der Waals surface area contributed by atoms with Crippen molar-refractivity contribution < 1.29 is 4.74 Å². The summed E-state index contributed by atoms with van der Waals surface area (Å²) in [7, 11) is 0. The van der Waals surface area contributed by atoms with Crippen molar-refractivity contribution in [2.75, 3.05) is 23.8 Å². The molecule has 2 unspecified atom stereocenters. The Balaban J connectivity index is 1.93. The number of fused-ring (bicyclic) bond motifs is 1. The number of hydrogen-bond donors (Lipinski definition) is 1. The molecule has 1 aromatic carbocycles. The van der Waals surface area contributed by atoms with Gasteiger partial charge in [-0.3, -0.25) is 0 Å². The minimum absolute atomic E-state index is 0.327. The van der Waals surface area contributed by atoms with E-state index in [-0.39, 0.29) is 0 Å². The second-order valence-corrected chi connectivity index (χ2v) is 5.34. The molecular weight excluding hydrogens is 238 g/mol. The Kier molecular flexibility index (Phi) is 3.31. The molecule has 2 atom stereocenters. The van der Waals surface area contributed by atoms with Gasteiger partial charge in [0.15, 0.2) is 0 Å². The van der Waals surface area contributed by atoms with Crippen molar-refractivity contribution in [1.29, 1.82) is 5.26 Å². The first-order valence-corrected chi connectivity index (χ1v) is 6.97. The molecule has 2 N–H and O–H groups in total. The van der Waals surface area contributed by atoms with Gasteiger partial charge >= 0.3 is 0 Å². The number of morpholine rings is 1. The van der Waals surface area contributed by atoms with E-state index in [0.29, 0.717) is 17.7 Å². The summed E-state index contributed by atoms with van der Waals surface area (Å²) < 4.78 is 5.88. The average Bonchev–Trinajstić information content (AvgIpc) is 2.47. The van der Waals surface area contributed by atoms with Gasteiger partial charge in [-0.25, -0.2) is 0 Å². The first kappa shape index (κ1) is 12.3. The van der Waals surface area contributed by atoms with Gasteiger partial charge in [0.1, 0.15) is 0 Å². The third kappa shape index (κ3) is 2.26. The lowest BCUT2D eigenvalue weighted by Crippen LogP contribution is -2.53. The fourth-order valence-corrected chi connectivity index (χ4v) is 3.26. The Morgan fingerprint density at radius 2 is 2.16 bits per heavy atom. The predicted octanol–water partition coefficient (Wildman–Crippen LogP) is 2.29. The van der Waals surface area contributed by atoms with Gasteiger partial charge in [-0.15, -0.1) is 0 Å². The number of nitrogen functional groups attached to an aromatic ring is 1. The topological polar surface area (TPSA) is 62.3 Å². The summed E-state index contributed by atoms with van der Waals surface area (Å²) in [6, 6.07) is 8.13. The van der Waals surface area contributed by atoms with Crippen LogP contribution in [-0.2, 0) is 4.74 Å². The van der Waals surface area contributed by atoms with E-state index in [2.05, 4.69) is 11.0 Å². The molecule has 2 aliphatic rings. The molecule has 2 fully saturated rings. The molecule has 4 nitrogen and oxygen atoms in total. The van der Waals surface area contributed by atoms with E-state index in [0.717, 1.165) is 37.4 Å². The number of rotatable bonds is 1. The van der Waals surface area contributed by atoms with Crippen molar-refractivity contribution in [2.45, 2.75) is 37.8 Å². The Bertz CT molecular complexity index is 507. The first-order chi connectivity index (χ1) is 9.29. The van der Waals surface area contributed by atoms with Crippen molar-refractivity contribution in [3.63, 3.8) is 0 Å². The van der Waals surface area contributed by atoms with Crippen LogP contribution in [0.2, 0.25) is 0 Å². The Labute approximate surface area is 113 Å². The Morgan fingerprint density at radius 3 is 3.00 bits per heavy atom. The molecule has 100 valence electrons. The highest BCUT2D eigenvalue weighted by Gasteiger charge is 2.34. The minimum Gasteiger partial charge on any atom is -0.397 e. The van der Waals surface area contributed by atoms with Crippen molar-refractivity contribution >= 4 is 11.4 Å². The number of nitrogens with zero attached hydrogens (tertiary/aromatic N) is 2. The van der Waals surface area contributed by atoms with E-state index in [1.165, 1.54) is 12.8 Å². The van der Waals surface area contributed by atoms with Crippen molar-refractivity contribution in [1.82, 2.24) is 0 Å². The number of hydrogen-bond acceptors (Lipinski definition) is 4. The summed E-state index contributed by atoms with van der Waals surface area (Å²) in [6.45, 7) is 1.61. The zero-order valence-corrected chi connectivity index (χ0v) is 11.0. The maximum absolute atomic E-state index is 9.05. The predicted molar refractivity (Wildman–Crippen MR) is 74.9 cm³/mol. The summed E-state index contributed by atoms with van der Waals surface area (Å²) >= 11 is 0. The van der Waals surface area contributed by atoms with Gasteiger partial charge in [0.05, 0.1) is 41.8 Å². The number of benzene rings is 1. The van der Waals surface area contributed by atoms with Gasteiger partial charge in [-0.1, -0.05) is 12.8 Å². The number of nitrogens with two attached hydrogens (primary N) is 1. The SMILES string of the molecule is N#Cc1ccc(N)c(N2CCOC3CCCCC32)c1. The summed E-state index contributed by atoms with van der Waals surface area (Å²) in [5, 5.41) is 9.05. The smallest absolute Gasteiger partial charge is 0.0992 e. The molecule has 1 saturated heterocycles. The van der Waals surface area contributed by atoms with Crippen LogP contribution in [0, 0.1) is 11.3 Å². The Morgan fingerprint density at radius 1 is 1.32 bits per heavy atom. The molecule has 1 aromatic rings. The molecule has 0 amide bonds. The van der Waals surface area contributed by atoms with Crippen molar-refractivity contribution in [3.8, 4) is 6.07 Å². The average molecular weight is 257 g/mol. The minimum atomic E-state index is 0.327. The summed E-state index contributed by atoms with van der Waals surface area (Å²) in [6.07, 6.45) is 5.12. The van der Waals surface area contributed by atoms with Gasteiger partial charge in [-0.2, -0.15) is 5.26 Å². The highest BCUT2D eigenvalue weighted by Crippen LogP contribution is 2.34. The first-order valence-electron chi connectivity index (χ1n) is 6.97. The molecule has 1 saturated carbocycles. The van der Waals surface area contributed by atoms with Gasteiger partial charge in [0.25, 0.3) is 0 Å². The summed E-state index contributed by atoms with van der Waals surface area (Å²) in [5.74, 6) is 0. The summed E-state index contributed by atoms with van der Waals surface area (Å²) in [5.41, 5.74) is 8.53. The van der Waals surface area contributed by atoms with Crippen LogP contribution in [0.3, 0.4) is 0 Å². The maximum atomic E-state index is 9.05. The van der Waals surface area contributed by atoms with Crippen LogP contribution >= 0.6 is 0 Å². The van der Waals surface area contributed by atoms with Gasteiger partial charge in [-0.05, 0) is 31.0 Å². The van der Waals surface area contributed by atoms with Gasteiger partial charge in [0.2, 0.25) is 0 Å². The molecule has 0 spiro atoms. The third-order valence-corrected chi connectivity index (χ3v) is 4.20. The zero-order valence-electron chi connectivity index (χ0n) is 11.0. The molecule has 0 radical (unpaired) electrons. The van der Waals surface area contributed by atoms with E-state index in [9.17, 15) is 0 Å². The van der Waals surface area contributed by atoms with E-state index in [1.807, 2.05) is 12.1 Å². The lowest BCUT2D eigenvalue weighted by atomic mass is 9.89. The molecule has 1 aliphatic carbocycles. The standard InChI is InChI=1S/C15H19N3O/c16-10-11-5-6-12(17)14(9-11)18-7-8-19-15-4-2-1-3-13(15)18/h5-6,9,13,15H,1-4,7-8,17H2. The van der Waals surface area contributed by atoms with Crippen LogP contribution in [0.1, 0.15) is 31.2 Å². The van der Waals surface area contributed by atoms with E-state index < -0.39 is 0 Å². The van der Waals surface area contributed by atoms with Crippen LogP contribution in [-0.4, -0.2) is 25.3 Å². The van der Waals surface area contributed by atoms with Crippen LogP contribution in [0.25, 0.3) is 0 Å². The van der Waals surface area contributed by atoms with Crippen molar-refractivity contribution in [3.05, 3.63) is 23.8 Å². The lowest BCUT2D eigenvalue weighted by molar-refractivity contribution is -0.00862. The number of nitriles is 1. The van der Waals surface area contributed by atoms with Crippen molar-refractivity contribution in [2.24, 2.45) is 0 Å². The summed E-state index contributed by atoms with van der Waals surface area (Å²) in [4.78, 5) is 2.35. The van der Waals surface area contributed by atoms with Crippen LogP contribution in [0.5, 0.6) is 0 Å². The maximum Gasteiger partial charge on any atom is 0.0992 e. The number of ether oxygens (including phenoxy) is 1. The van der Waals surface area contributed by atoms with Crippen LogP contribution in [0.15, 0.2) is 18.2 Å². The second-order valence-electron chi connectivity index (χ2n) is 5.34. The highest BCUT2D eigenvalue weighted by atomic mass is 16.5. The molecule has 19 heavy (non-hydrogen) atoms. The van der Waals surface area contributed by atoms with Gasteiger partial charge < -0.3 is 15.4 Å². The fraction of sp³-hybridized carbons (Fsp3) is 0.533. The monoisotopic (exact) mass is 257 g/mol. The molecule has 1 aliphatic heterocycles.